The molecular formula is C21H27N3O5. The number of nitrogens with zero attached hydrogens (tertiary/aromatic N) is 3. The highest BCUT2D eigenvalue weighted by molar-refractivity contribution is 5.82. The molecule has 29 heavy (non-hydrogen) atoms. The number of aromatic nitrogens is 2. The molecule has 2 rings (SSSR count). The Hall–Kier alpha value is -3.16. The maximum absolute atomic E-state index is 13.0. The normalized spacial score (nSPS) is 12.0. The summed E-state index contributed by atoms with van der Waals surface area (Å²) in [4.78, 5) is 34.9. The molecule has 1 heterocycles. The SMILES string of the molecule is COC(=O)[C@H](Cc1ccc(OC)cc1)N(Cc1cncnc1)C(=O)OC(C)(C)C. The molecule has 1 aromatic heterocycles. The molecule has 0 unspecified atom stereocenters. The van der Waals surface area contributed by atoms with Crippen LogP contribution in [0.4, 0.5) is 4.79 Å². The molecule has 1 atom stereocenters. The Bertz CT molecular complexity index is 803. The first-order valence-corrected chi connectivity index (χ1v) is 9.17. The van der Waals surface area contributed by atoms with Crippen LogP contribution in [0.25, 0.3) is 0 Å². The number of benzene rings is 1. The molecule has 0 fully saturated rings. The molecule has 0 bridgehead atoms. The van der Waals surface area contributed by atoms with E-state index in [0.717, 1.165) is 5.56 Å². The van der Waals surface area contributed by atoms with Gasteiger partial charge in [-0.2, -0.15) is 0 Å². The van der Waals surface area contributed by atoms with E-state index in [-0.39, 0.29) is 13.0 Å². The standard InChI is InChI=1S/C21H27N3O5/c1-21(2,3)29-20(26)24(13-16-11-22-14-23-12-16)18(19(25)28-5)10-15-6-8-17(27-4)9-7-15/h6-9,11-12,14,18H,10,13H2,1-5H3/t18-/m0/s1. The number of amides is 1. The van der Waals surface area contributed by atoms with E-state index in [4.69, 9.17) is 14.2 Å². The highest BCUT2D eigenvalue weighted by Gasteiger charge is 2.34. The first-order chi connectivity index (χ1) is 13.7. The summed E-state index contributed by atoms with van der Waals surface area (Å²) in [6, 6.07) is 6.39. The van der Waals surface area contributed by atoms with Crippen molar-refractivity contribution in [1.82, 2.24) is 14.9 Å². The number of hydrogen-bond donors (Lipinski definition) is 0. The van der Waals surface area contributed by atoms with Crippen LogP contribution in [0, 0.1) is 0 Å². The third-order valence-electron chi connectivity index (χ3n) is 4.03. The van der Waals surface area contributed by atoms with Crippen LogP contribution in [0.3, 0.4) is 0 Å². The van der Waals surface area contributed by atoms with Gasteiger partial charge in [-0.05, 0) is 38.5 Å². The van der Waals surface area contributed by atoms with Gasteiger partial charge in [-0.1, -0.05) is 12.1 Å². The lowest BCUT2D eigenvalue weighted by Crippen LogP contribution is -2.48. The maximum atomic E-state index is 13.0. The van der Waals surface area contributed by atoms with Crippen molar-refractivity contribution in [2.24, 2.45) is 0 Å². The summed E-state index contributed by atoms with van der Waals surface area (Å²) in [7, 11) is 2.88. The van der Waals surface area contributed by atoms with Crippen molar-refractivity contribution in [3.8, 4) is 5.75 Å². The van der Waals surface area contributed by atoms with Gasteiger partial charge in [-0.15, -0.1) is 0 Å². The molecule has 1 aromatic carbocycles. The van der Waals surface area contributed by atoms with E-state index in [1.165, 1.54) is 18.3 Å². The maximum Gasteiger partial charge on any atom is 0.411 e. The van der Waals surface area contributed by atoms with Crippen molar-refractivity contribution in [2.45, 2.75) is 45.4 Å². The predicted octanol–water partition coefficient (Wildman–Crippen LogP) is 3.01. The minimum atomic E-state index is -0.886. The molecule has 156 valence electrons. The Labute approximate surface area is 170 Å². The van der Waals surface area contributed by atoms with Crippen molar-refractivity contribution in [2.75, 3.05) is 14.2 Å². The number of methoxy groups -OCH3 is 2. The number of carbonyl (C=O) groups excluding carboxylic acids is 2. The van der Waals surface area contributed by atoms with Gasteiger partial charge in [0.05, 0.1) is 20.8 Å². The number of carbonyl (C=O) groups is 2. The molecule has 0 N–H and O–H groups in total. The van der Waals surface area contributed by atoms with E-state index in [2.05, 4.69) is 9.97 Å². The molecule has 0 saturated carbocycles. The van der Waals surface area contributed by atoms with Crippen LogP contribution in [0.1, 0.15) is 31.9 Å². The van der Waals surface area contributed by atoms with Gasteiger partial charge in [0, 0.05) is 24.4 Å². The number of hydrogen-bond acceptors (Lipinski definition) is 7. The van der Waals surface area contributed by atoms with E-state index in [9.17, 15) is 9.59 Å². The van der Waals surface area contributed by atoms with Gasteiger partial charge in [0.1, 0.15) is 23.7 Å². The van der Waals surface area contributed by atoms with Gasteiger partial charge in [0.25, 0.3) is 0 Å². The van der Waals surface area contributed by atoms with Crippen molar-refractivity contribution in [3.05, 3.63) is 54.1 Å². The fraction of sp³-hybridized carbons (Fsp3) is 0.429. The molecule has 0 aliphatic rings. The van der Waals surface area contributed by atoms with Crippen LogP contribution in [0.15, 0.2) is 43.0 Å². The zero-order valence-corrected chi connectivity index (χ0v) is 17.4. The van der Waals surface area contributed by atoms with Crippen LogP contribution in [0.2, 0.25) is 0 Å². The summed E-state index contributed by atoms with van der Waals surface area (Å²) in [6.45, 7) is 5.41. The van der Waals surface area contributed by atoms with Gasteiger partial charge in [-0.3, -0.25) is 4.90 Å². The minimum Gasteiger partial charge on any atom is -0.497 e. The van der Waals surface area contributed by atoms with Crippen molar-refractivity contribution >= 4 is 12.1 Å². The van der Waals surface area contributed by atoms with E-state index in [0.29, 0.717) is 11.3 Å². The van der Waals surface area contributed by atoms with Gasteiger partial charge >= 0.3 is 12.1 Å². The van der Waals surface area contributed by atoms with Gasteiger partial charge in [0.15, 0.2) is 0 Å². The molecule has 0 spiro atoms. The van der Waals surface area contributed by atoms with Crippen molar-refractivity contribution < 1.29 is 23.8 Å². The zero-order chi connectivity index (χ0) is 21.4. The molecule has 0 aliphatic carbocycles. The molecule has 8 heteroatoms. The molecule has 0 saturated heterocycles. The molecule has 8 nitrogen and oxygen atoms in total. The smallest absolute Gasteiger partial charge is 0.411 e. The van der Waals surface area contributed by atoms with Crippen LogP contribution in [0.5, 0.6) is 5.75 Å². The summed E-state index contributed by atoms with van der Waals surface area (Å²) in [5, 5.41) is 0. The summed E-state index contributed by atoms with van der Waals surface area (Å²) in [5.41, 5.74) is 0.796. The highest BCUT2D eigenvalue weighted by atomic mass is 16.6. The third-order valence-corrected chi connectivity index (χ3v) is 4.03. The second kappa shape index (κ2) is 9.86. The van der Waals surface area contributed by atoms with Crippen LogP contribution < -0.4 is 4.74 Å². The largest absolute Gasteiger partial charge is 0.497 e. The highest BCUT2D eigenvalue weighted by Crippen LogP contribution is 2.20. The monoisotopic (exact) mass is 401 g/mol. The third kappa shape index (κ3) is 6.74. The predicted molar refractivity (Wildman–Crippen MR) is 106 cm³/mol. The summed E-state index contributed by atoms with van der Waals surface area (Å²) in [5.74, 6) is 0.164. The lowest BCUT2D eigenvalue weighted by atomic mass is 10.0. The van der Waals surface area contributed by atoms with Gasteiger partial charge in [0.2, 0.25) is 0 Å². The fourth-order valence-electron chi connectivity index (χ4n) is 2.67. The number of esters is 1. The van der Waals surface area contributed by atoms with Crippen LogP contribution in [-0.4, -0.2) is 52.8 Å². The van der Waals surface area contributed by atoms with Gasteiger partial charge in [-0.25, -0.2) is 19.6 Å². The Morgan fingerprint density at radius 3 is 2.17 bits per heavy atom. The topological polar surface area (TPSA) is 90.9 Å². The van der Waals surface area contributed by atoms with E-state index < -0.39 is 23.7 Å². The molecule has 1 amide bonds. The average Bonchev–Trinajstić information content (AvgIpc) is 2.70. The minimum absolute atomic E-state index is 0.103. The summed E-state index contributed by atoms with van der Waals surface area (Å²) < 4.78 is 15.7. The summed E-state index contributed by atoms with van der Waals surface area (Å²) >= 11 is 0. The number of rotatable bonds is 7. The number of ether oxygens (including phenoxy) is 3. The van der Waals surface area contributed by atoms with Crippen molar-refractivity contribution in [3.63, 3.8) is 0 Å². The molecule has 0 aliphatic heterocycles. The fourth-order valence-corrected chi connectivity index (χ4v) is 2.67. The van der Waals surface area contributed by atoms with E-state index in [1.807, 2.05) is 12.1 Å². The van der Waals surface area contributed by atoms with Crippen molar-refractivity contribution in [1.29, 1.82) is 0 Å². The van der Waals surface area contributed by atoms with Crippen LogP contribution >= 0.6 is 0 Å². The quantitative estimate of drug-likeness (QED) is 0.659. The average molecular weight is 401 g/mol. The first-order valence-electron chi connectivity index (χ1n) is 9.17. The second-order valence-electron chi connectivity index (χ2n) is 7.45. The first kappa shape index (κ1) is 22.1. The second-order valence-corrected chi connectivity index (χ2v) is 7.45. The van der Waals surface area contributed by atoms with E-state index >= 15 is 0 Å². The van der Waals surface area contributed by atoms with Gasteiger partial charge < -0.3 is 14.2 Å². The Kier molecular flexibility index (Phi) is 7.52. The Morgan fingerprint density at radius 1 is 1.03 bits per heavy atom. The Balaban J connectivity index is 2.35. The molecular weight excluding hydrogens is 374 g/mol. The molecule has 0 radical (unpaired) electrons. The Morgan fingerprint density at radius 2 is 1.66 bits per heavy atom. The lowest BCUT2D eigenvalue weighted by molar-refractivity contribution is -0.147. The van der Waals surface area contributed by atoms with Crippen LogP contribution in [-0.2, 0) is 27.2 Å². The lowest BCUT2D eigenvalue weighted by Gasteiger charge is -2.32. The molecule has 2 aromatic rings. The summed E-state index contributed by atoms with van der Waals surface area (Å²) in [6.07, 6.45) is 4.21. The van der Waals surface area contributed by atoms with E-state index in [1.54, 1.807) is 52.4 Å². The zero-order valence-electron chi connectivity index (χ0n) is 17.4.